The number of amides is 1. The van der Waals surface area contributed by atoms with Gasteiger partial charge < -0.3 is 25.2 Å². The van der Waals surface area contributed by atoms with Crippen molar-refractivity contribution in [1.82, 2.24) is 9.97 Å². The van der Waals surface area contributed by atoms with Gasteiger partial charge in [0.2, 0.25) is 11.9 Å². The molecule has 0 radical (unpaired) electrons. The van der Waals surface area contributed by atoms with Crippen molar-refractivity contribution in [3.8, 4) is 0 Å². The van der Waals surface area contributed by atoms with E-state index in [1.54, 1.807) is 0 Å². The van der Waals surface area contributed by atoms with Gasteiger partial charge in [0.1, 0.15) is 5.82 Å². The molecule has 0 bridgehead atoms. The van der Waals surface area contributed by atoms with E-state index < -0.39 is 0 Å². The van der Waals surface area contributed by atoms with Crippen molar-refractivity contribution < 1.29 is 9.53 Å². The van der Waals surface area contributed by atoms with Crippen LogP contribution in [0.3, 0.4) is 0 Å². The first-order valence-electron chi connectivity index (χ1n) is 11.9. The highest BCUT2D eigenvalue weighted by atomic mass is 16.5. The van der Waals surface area contributed by atoms with Crippen molar-refractivity contribution in [3.05, 3.63) is 78.0 Å². The topological polar surface area (TPSA) is 82.6 Å². The highest BCUT2D eigenvalue weighted by Gasteiger charge is 2.24. The normalized spacial score (nSPS) is 15.0. The van der Waals surface area contributed by atoms with Crippen LogP contribution in [-0.4, -0.2) is 48.7 Å². The fraction of sp³-hybridized carbons (Fsp3) is 0.296. The van der Waals surface area contributed by atoms with Crippen LogP contribution < -0.4 is 20.4 Å². The summed E-state index contributed by atoms with van der Waals surface area (Å²) in [6.45, 7) is 10.6. The van der Waals surface area contributed by atoms with Gasteiger partial charge in [-0.05, 0) is 61.4 Å². The van der Waals surface area contributed by atoms with E-state index >= 15 is 0 Å². The Labute approximate surface area is 205 Å². The quantitative estimate of drug-likeness (QED) is 0.504. The number of nitrogens with one attached hydrogen (secondary N) is 2. The van der Waals surface area contributed by atoms with Crippen LogP contribution in [0.2, 0.25) is 0 Å². The number of carbonyl (C=O) groups excluding carboxylic acids is 1. The first-order chi connectivity index (χ1) is 17.1. The predicted octanol–water partition coefficient (Wildman–Crippen LogP) is 4.05. The molecule has 8 heteroatoms. The maximum Gasteiger partial charge on any atom is 0.247 e. The number of hydrogen-bond donors (Lipinski definition) is 2. The number of morpholine rings is 1. The minimum absolute atomic E-state index is 0.214. The molecular formula is C27H30N6O2. The molecule has 3 heterocycles. The fourth-order valence-corrected chi connectivity index (χ4v) is 4.51. The summed E-state index contributed by atoms with van der Waals surface area (Å²) in [6.07, 6.45) is 2.20. The summed E-state index contributed by atoms with van der Waals surface area (Å²) in [5, 5.41) is 6.16. The van der Waals surface area contributed by atoms with E-state index in [4.69, 9.17) is 14.7 Å². The van der Waals surface area contributed by atoms with Gasteiger partial charge >= 0.3 is 0 Å². The third kappa shape index (κ3) is 5.27. The van der Waals surface area contributed by atoms with Crippen LogP contribution in [0.15, 0.2) is 61.2 Å². The van der Waals surface area contributed by atoms with E-state index in [1.165, 1.54) is 17.3 Å². The van der Waals surface area contributed by atoms with Crippen LogP contribution in [0.4, 0.5) is 28.8 Å². The second kappa shape index (κ2) is 10.1. The number of rotatable bonds is 7. The molecule has 2 aliphatic heterocycles. The number of carbonyl (C=O) groups is 1. The minimum Gasteiger partial charge on any atom is -0.378 e. The average Bonchev–Trinajstić information content (AvgIpc) is 3.29. The fourth-order valence-electron chi connectivity index (χ4n) is 4.51. The Balaban J connectivity index is 1.28. The smallest absolute Gasteiger partial charge is 0.247 e. The number of fused-ring (bicyclic) bond motifs is 1. The molecule has 0 unspecified atom stereocenters. The van der Waals surface area contributed by atoms with Gasteiger partial charge in [0.25, 0.3) is 0 Å². The van der Waals surface area contributed by atoms with Crippen molar-refractivity contribution in [1.29, 1.82) is 0 Å². The zero-order valence-corrected chi connectivity index (χ0v) is 20.0. The third-order valence-corrected chi connectivity index (χ3v) is 6.40. The molecule has 1 saturated heterocycles. The van der Waals surface area contributed by atoms with Crippen molar-refractivity contribution in [2.24, 2.45) is 0 Å². The summed E-state index contributed by atoms with van der Waals surface area (Å²) >= 11 is 0. The first kappa shape index (κ1) is 22.9. The van der Waals surface area contributed by atoms with Gasteiger partial charge in [-0.2, -0.15) is 4.98 Å². The highest BCUT2D eigenvalue weighted by molar-refractivity contribution is 5.98. The summed E-state index contributed by atoms with van der Waals surface area (Å²) in [6, 6.07) is 16.3. The standard InChI is InChI=1S/C27H30N6O2/c1-3-25(34)29-21-6-4-20(5-7-21)18-33-13-12-24-19(2)28-27(31-26(24)33)30-22-8-10-23(11-9-22)32-14-16-35-17-15-32/h3-11H,1,12-18H2,2H3,(H,29,34)(H,28,30,31). The Morgan fingerprint density at radius 1 is 1.03 bits per heavy atom. The van der Waals surface area contributed by atoms with E-state index in [1.807, 2.05) is 31.2 Å². The van der Waals surface area contributed by atoms with Crippen LogP contribution in [0, 0.1) is 6.92 Å². The Kier molecular flexibility index (Phi) is 6.63. The molecule has 5 rings (SSSR count). The molecule has 3 aromatic rings. The molecule has 35 heavy (non-hydrogen) atoms. The lowest BCUT2D eigenvalue weighted by Crippen LogP contribution is -2.36. The highest BCUT2D eigenvalue weighted by Crippen LogP contribution is 2.31. The molecule has 2 aliphatic rings. The van der Waals surface area contributed by atoms with Gasteiger partial charge in [-0.15, -0.1) is 0 Å². The Hall–Kier alpha value is -3.91. The molecule has 1 aromatic heterocycles. The second-order valence-corrected chi connectivity index (χ2v) is 8.77. The molecule has 1 amide bonds. The lowest BCUT2D eigenvalue weighted by atomic mass is 10.2. The van der Waals surface area contributed by atoms with Gasteiger partial charge in [0.05, 0.1) is 13.2 Å². The van der Waals surface area contributed by atoms with Crippen LogP contribution in [0.1, 0.15) is 16.8 Å². The minimum atomic E-state index is -0.214. The number of nitrogens with zero attached hydrogens (tertiary/aromatic N) is 4. The van der Waals surface area contributed by atoms with Crippen LogP contribution in [-0.2, 0) is 22.5 Å². The van der Waals surface area contributed by atoms with Gasteiger partial charge in [0, 0.05) is 54.5 Å². The van der Waals surface area contributed by atoms with Gasteiger partial charge in [-0.3, -0.25) is 4.79 Å². The maximum absolute atomic E-state index is 11.5. The number of anilines is 5. The SMILES string of the molecule is C=CC(=O)Nc1ccc(CN2CCc3c(C)nc(Nc4ccc(N5CCOCC5)cc4)nc32)cc1. The van der Waals surface area contributed by atoms with Gasteiger partial charge in [0.15, 0.2) is 0 Å². The van der Waals surface area contributed by atoms with Crippen molar-refractivity contribution >= 4 is 34.7 Å². The van der Waals surface area contributed by atoms with Crippen LogP contribution in [0.5, 0.6) is 0 Å². The molecule has 0 atom stereocenters. The second-order valence-electron chi connectivity index (χ2n) is 8.77. The van der Waals surface area contributed by atoms with E-state index in [0.29, 0.717) is 5.95 Å². The zero-order chi connectivity index (χ0) is 24.2. The van der Waals surface area contributed by atoms with Crippen LogP contribution >= 0.6 is 0 Å². The van der Waals surface area contributed by atoms with Gasteiger partial charge in [-0.25, -0.2) is 4.98 Å². The third-order valence-electron chi connectivity index (χ3n) is 6.40. The summed E-state index contributed by atoms with van der Waals surface area (Å²) in [5.74, 6) is 1.37. The summed E-state index contributed by atoms with van der Waals surface area (Å²) in [7, 11) is 0. The van der Waals surface area contributed by atoms with Crippen LogP contribution in [0.25, 0.3) is 0 Å². The molecule has 2 N–H and O–H groups in total. The van der Waals surface area contributed by atoms with Crippen molar-refractivity contribution in [3.63, 3.8) is 0 Å². The van der Waals surface area contributed by atoms with E-state index in [2.05, 4.69) is 51.3 Å². The maximum atomic E-state index is 11.5. The van der Waals surface area contributed by atoms with E-state index in [-0.39, 0.29) is 5.91 Å². The number of aryl methyl sites for hydroxylation is 1. The molecule has 0 saturated carbocycles. The lowest BCUT2D eigenvalue weighted by Gasteiger charge is -2.28. The van der Waals surface area contributed by atoms with E-state index in [0.717, 1.165) is 74.3 Å². The molecule has 2 aromatic carbocycles. The van der Waals surface area contributed by atoms with Gasteiger partial charge in [-0.1, -0.05) is 18.7 Å². The molecule has 1 fully saturated rings. The number of hydrogen-bond acceptors (Lipinski definition) is 7. The average molecular weight is 471 g/mol. The predicted molar refractivity (Wildman–Crippen MR) is 140 cm³/mol. The summed E-state index contributed by atoms with van der Waals surface area (Å²) < 4.78 is 5.45. The Morgan fingerprint density at radius 3 is 2.46 bits per heavy atom. The monoisotopic (exact) mass is 470 g/mol. The largest absolute Gasteiger partial charge is 0.378 e. The summed E-state index contributed by atoms with van der Waals surface area (Å²) in [5.41, 5.74) is 6.28. The Bertz CT molecular complexity index is 1200. The first-order valence-corrected chi connectivity index (χ1v) is 11.9. The molecular weight excluding hydrogens is 440 g/mol. The number of benzene rings is 2. The molecule has 180 valence electrons. The molecule has 0 spiro atoms. The Morgan fingerprint density at radius 2 is 1.74 bits per heavy atom. The number of ether oxygens (including phenoxy) is 1. The number of aromatic nitrogens is 2. The van der Waals surface area contributed by atoms with Crippen molar-refractivity contribution in [2.75, 3.05) is 53.3 Å². The lowest BCUT2D eigenvalue weighted by molar-refractivity contribution is -0.111. The van der Waals surface area contributed by atoms with E-state index in [9.17, 15) is 4.79 Å². The summed E-state index contributed by atoms with van der Waals surface area (Å²) in [4.78, 5) is 25.7. The van der Waals surface area contributed by atoms with Crippen molar-refractivity contribution in [2.45, 2.75) is 19.9 Å². The molecule has 0 aliphatic carbocycles. The zero-order valence-electron chi connectivity index (χ0n) is 20.0. The molecule has 8 nitrogen and oxygen atoms in total.